The van der Waals surface area contributed by atoms with Crippen molar-refractivity contribution < 1.29 is 4.74 Å². The van der Waals surface area contributed by atoms with Crippen molar-refractivity contribution in [3.63, 3.8) is 0 Å². The molecule has 6 heteroatoms. The van der Waals surface area contributed by atoms with Gasteiger partial charge in [0.1, 0.15) is 16.4 Å². The van der Waals surface area contributed by atoms with Crippen LogP contribution in [-0.2, 0) is 12.8 Å². The van der Waals surface area contributed by atoms with E-state index in [4.69, 9.17) is 9.72 Å². The normalized spacial score (nSPS) is 13.8. The average molecular weight is 419 g/mol. The Hall–Kier alpha value is -1.66. The number of fused-ring (bicyclic) bond motifs is 3. The van der Waals surface area contributed by atoms with Crippen LogP contribution in [0, 0.1) is 0 Å². The first-order chi connectivity index (χ1) is 12.2. The number of H-pyrrole nitrogens is 1. The SMILES string of the molecule is CCCOc1ccc(Br)cc1-c1nc2sc3c(c2c(=O)[nH]1)CCCC3. The van der Waals surface area contributed by atoms with Crippen LogP contribution in [0.15, 0.2) is 27.5 Å². The zero-order valence-corrected chi connectivity index (χ0v) is 16.4. The minimum Gasteiger partial charge on any atom is -0.493 e. The van der Waals surface area contributed by atoms with Gasteiger partial charge in [0, 0.05) is 9.35 Å². The van der Waals surface area contributed by atoms with Crippen LogP contribution in [0.4, 0.5) is 0 Å². The second-order valence-corrected chi connectivity index (χ2v) is 8.29. The van der Waals surface area contributed by atoms with Gasteiger partial charge in [0.15, 0.2) is 0 Å². The quantitative estimate of drug-likeness (QED) is 0.642. The Labute approximate surface area is 158 Å². The van der Waals surface area contributed by atoms with Crippen LogP contribution in [0.3, 0.4) is 0 Å². The number of hydrogen-bond acceptors (Lipinski definition) is 4. The molecule has 0 fully saturated rings. The van der Waals surface area contributed by atoms with Gasteiger partial charge < -0.3 is 9.72 Å². The summed E-state index contributed by atoms with van der Waals surface area (Å²) >= 11 is 5.17. The molecule has 1 aliphatic carbocycles. The molecule has 1 N–H and O–H groups in total. The summed E-state index contributed by atoms with van der Waals surface area (Å²) in [5, 5.41) is 0.787. The van der Waals surface area contributed by atoms with Crippen molar-refractivity contribution in [3.8, 4) is 17.1 Å². The number of nitrogens with zero attached hydrogens (tertiary/aromatic N) is 1. The summed E-state index contributed by atoms with van der Waals surface area (Å²) in [4.78, 5) is 22.7. The van der Waals surface area contributed by atoms with E-state index in [0.29, 0.717) is 12.4 Å². The molecule has 3 aromatic rings. The molecular weight excluding hydrogens is 400 g/mol. The van der Waals surface area contributed by atoms with Gasteiger partial charge in [0.2, 0.25) is 0 Å². The standard InChI is InChI=1S/C19H19BrN2O2S/c1-2-9-24-14-8-7-11(20)10-13(14)17-21-18(23)16-12-5-3-4-6-15(12)25-19(16)22-17/h7-8,10H,2-6,9H2,1H3,(H,21,22,23). The number of rotatable bonds is 4. The Kier molecular flexibility index (Phi) is 4.65. The van der Waals surface area contributed by atoms with Crippen molar-refractivity contribution in [2.45, 2.75) is 39.0 Å². The van der Waals surface area contributed by atoms with Crippen LogP contribution in [0.2, 0.25) is 0 Å². The first-order valence-corrected chi connectivity index (χ1v) is 10.3. The van der Waals surface area contributed by atoms with E-state index in [2.05, 4.69) is 27.8 Å². The zero-order valence-electron chi connectivity index (χ0n) is 14.0. The van der Waals surface area contributed by atoms with Crippen molar-refractivity contribution >= 4 is 37.5 Å². The predicted molar refractivity (Wildman–Crippen MR) is 106 cm³/mol. The van der Waals surface area contributed by atoms with Gasteiger partial charge in [-0.15, -0.1) is 11.3 Å². The van der Waals surface area contributed by atoms with Crippen molar-refractivity contribution in [3.05, 3.63) is 43.5 Å². The molecule has 0 aliphatic heterocycles. The Bertz CT molecular complexity index is 993. The summed E-state index contributed by atoms with van der Waals surface area (Å²) in [6, 6.07) is 5.80. The van der Waals surface area contributed by atoms with Crippen LogP contribution in [0.1, 0.15) is 36.6 Å². The lowest BCUT2D eigenvalue weighted by atomic mass is 9.97. The summed E-state index contributed by atoms with van der Waals surface area (Å²) in [5.41, 5.74) is 1.98. The van der Waals surface area contributed by atoms with Crippen LogP contribution < -0.4 is 10.3 Å². The number of benzene rings is 1. The second kappa shape index (κ2) is 6.92. The van der Waals surface area contributed by atoms with E-state index in [1.54, 1.807) is 11.3 Å². The minimum atomic E-state index is -0.0409. The number of thiophene rings is 1. The largest absolute Gasteiger partial charge is 0.493 e. The molecule has 1 aliphatic rings. The molecule has 0 saturated heterocycles. The molecule has 2 heterocycles. The van der Waals surface area contributed by atoms with Crippen LogP contribution in [0.25, 0.3) is 21.6 Å². The molecule has 1 aromatic carbocycles. The van der Waals surface area contributed by atoms with Gasteiger partial charge in [0.05, 0.1) is 17.6 Å². The molecule has 0 amide bonds. The lowest BCUT2D eigenvalue weighted by Crippen LogP contribution is -2.11. The highest BCUT2D eigenvalue weighted by Crippen LogP contribution is 2.36. The molecule has 0 radical (unpaired) electrons. The fourth-order valence-electron chi connectivity index (χ4n) is 3.32. The molecule has 0 unspecified atom stereocenters. The fraction of sp³-hybridized carbons (Fsp3) is 0.368. The van der Waals surface area contributed by atoms with E-state index < -0.39 is 0 Å². The highest BCUT2D eigenvalue weighted by atomic mass is 79.9. The molecule has 0 saturated carbocycles. The highest BCUT2D eigenvalue weighted by Gasteiger charge is 2.21. The maximum absolute atomic E-state index is 12.8. The van der Waals surface area contributed by atoms with Gasteiger partial charge in [-0.25, -0.2) is 4.98 Å². The molecule has 0 atom stereocenters. The minimum absolute atomic E-state index is 0.0409. The van der Waals surface area contributed by atoms with Crippen LogP contribution in [-0.4, -0.2) is 16.6 Å². The van der Waals surface area contributed by atoms with Crippen molar-refractivity contribution in [1.82, 2.24) is 9.97 Å². The van der Waals surface area contributed by atoms with E-state index in [-0.39, 0.29) is 5.56 Å². The van der Waals surface area contributed by atoms with Gasteiger partial charge in [0.25, 0.3) is 5.56 Å². The maximum Gasteiger partial charge on any atom is 0.260 e. The molecule has 2 aromatic heterocycles. The molecule has 0 spiro atoms. The van der Waals surface area contributed by atoms with Crippen molar-refractivity contribution in [2.24, 2.45) is 0 Å². The Morgan fingerprint density at radius 2 is 2.16 bits per heavy atom. The number of nitrogens with one attached hydrogen (secondary N) is 1. The first kappa shape index (κ1) is 16.8. The highest BCUT2D eigenvalue weighted by molar-refractivity contribution is 9.10. The predicted octanol–water partition coefficient (Wildman–Crippen LogP) is 5.08. The smallest absolute Gasteiger partial charge is 0.260 e. The number of aromatic amines is 1. The van der Waals surface area contributed by atoms with Gasteiger partial charge in [-0.05, 0) is 55.9 Å². The number of halogens is 1. The van der Waals surface area contributed by atoms with Crippen LogP contribution in [0.5, 0.6) is 5.75 Å². The fourth-order valence-corrected chi connectivity index (χ4v) is 4.94. The third-order valence-corrected chi connectivity index (χ3v) is 6.16. The average Bonchev–Trinajstić information content (AvgIpc) is 2.99. The van der Waals surface area contributed by atoms with Gasteiger partial charge >= 0.3 is 0 Å². The zero-order chi connectivity index (χ0) is 17.4. The number of hydrogen-bond donors (Lipinski definition) is 1. The summed E-state index contributed by atoms with van der Waals surface area (Å²) in [5.74, 6) is 1.32. The van der Waals surface area contributed by atoms with Gasteiger partial charge in [-0.3, -0.25) is 4.79 Å². The van der Waals surface area contributed by atoms with E-state index in [1.807, 2.05) is 18.2 Å². The first-order valence-electron chi connectivity index (χ1n) is 8.64. The molecule has 4 rings (SSSR count). The van der Waals surface area contributed by atoms with E-state index in [1.165, 1.54) is 16.9 Å². The topological polar surface area (TPSA) is 55.0 Å². The number of ether oxygens (including phenoxy) is 1. The van der Waals surface area contributed by atoms with E-state index >= 15 is 0 Å². The lowest BCUT2D eigenvalue weighted by Gasteiger charge is -2.11. The van der Waals surface area contributed by atoms with Crippen molar-refractivity contribution in [2.75, 3.05) is 6.61 Å². The summed E-state index contributed by atoms with van der Waals surface area (Å²) < 4.78 is 6.78. The third-order valence-electron chi connectivity index (χ3n) is 4.48. The lowest BCUT2D eigenvalue weighted by molar-refractivity contribution is 0.318. The Morgan fingerprint density at radius 3 is 3.00 bits per heavy atom. The second-order valence-electron chi connectivity index (χ2n) is 6.29. The summed E-state index contributed by atoms with van der Waals surface area (Å²) in [6.07, 6.45) is 5.33. The van der Waals surface area contributed by atoms with Crippen molar-refractivity contribution in [1.29, 1.82) is 0 Å². The third kappa shape index (κ3) is 3.13. The Balaban J connectivity index is 1.88. The van der Waals surface area contributed by atoms with Gasteiger partial charge in [-0.2, -0.15) is 0 Å². The van der Waals surface area contributed by atoms with Crippen LogP contribution >= 0.6 is 27.3 Å². The van der Waals surface area contributed by atoms with E-state index in [0.717, 1.165) is 51.7 Å². The summed E-state index contributed by atoms with van der Waals surface area (Å²) in [7, 11) is 0. The Morgan fingerprint density at radius 1 is 1.32 bits per heavy atom. The monoisotopic (exact) mass is 418 g/mol. The van der Waals surface area contributed by atoms with E-state index in [9.17, 15) is 4.79 Å². The molecule has 0 bridgehead atoms. The number of aromatic nitrogens is 2. The molecule has 4 nitrogen and oxygen atoms in total. The number of aryl methyl sites for hydroxylation is 2. The van der Waals surface area contributed by atoms with Gasteiger partial charge in [-0.1, -0.05) is 22.9 Å². The maximum atomic E-state index is 12.8. The molecule has 25 heavy (non-hydrogen) atoms. The summed E-state index contributed by atoms with van der Waals surface area (Å²) in [6.45, 7) is 2.70. The molecular formula is C19H19BrN2O2S. The molecule has 130 valence electrons.